The summed E-state index contributed by atoms with van der Waals surface area (Å²) in [6.45, 7) is 4.15. The van der Waals surface area contributed by atoms with Crippen molar-refractivity contribution < 1.29 is 0 Å². The number of aryl methyl sites for hydroxylation is 1. The summed E-state index contributed by atoms with van der Waals surface area (Å²) < 4.78 is 1.23. The zero-order valence-electron chi connectivity index (χ0n) is 10.9. The van der Waals surface area contributed by atoms with Crippen LogP contribution in [0.3, 0.4) is 0 Å². The first-order valence-corrected chi connectivity index (χ1v) is 7.13. The number of hydrogen-bond acceptors (Lipinski definition) is 4. The zero-order valence-corrected chi connectivity index (χ0v) is 11.7. The molecule has 3 aromatic heterocycles. The topological polar surface area (TPSA) is 37.8 Å². The Morgan fingerprint density at radius 1 is 1.26 bits per heavy atom. The predicted octanol–water partition coefficient (Wildman–Crippen LogP) is 4.17. The Balaban J connectivity index is 1.87. The van der Waals surface area contributed by atoms with Crippen LogP contribution >= 0.6 is 11.3 Å². The number of nitrogens with zero attached hydrogens (tertiary/aromatic N) is 2. The lowest BCUT2D eigenvalue weighted by molar-refractivity contribution is 0.875. The molecule has 0 aliphatic rings. The SMILES string of the molecule is Cc1ncccc1NC(C)c1cnc2ccsc2c1. The van der Waals surface area contributed by atoms with Crippen LogP contribution in [0.25, 0.3) is 10.2 Å². The standard InChI is InChI=1S/C15H15N3S/c1-10(18-13-4-3-6-16-11(13)2)12-8-15-14(17-9-12)5-7-19-15/h3-10,18H,1-2H3. The van der Waals surface area contributed by atoms with E-state index in [-0.39, 0.29) is 6.04 Å². The second-order valence-corrected chi connectivity index (χ2v) is 5.52. The van der Waals surface area contributed by atoms with E-state index >= 15 is 0 Å². The Bertz CT molecular complexity index is 705. The zero-order chi connectivity index (χ0) is 13.2. The number of nitrogens with one attached hydrogen (secondary N) is 1. The molecule has 1 N–H and O–H groups in total. The number of hydrogen-bond donors (Lipinski definition) is 1. The Morgan fingerprint density at radius 3 is 3.00 bits per heavy atom. The van der Waals surface area contributed by atoms with Crippen molar-refractivity contribution in [3.05, 3.63) is 53.3 Å². The molecule has 0 fully saturated rings. The van der Waals surface area contributed by atoms with Crippen molar-refractivity contribution in [3.63, 3.8) is 0 Å². The average molecular weight is 269 g/mol. The van der Waals surface area contributed by atoms with Gasteiger partial charge in [0.15, 0.2) is 0 Å². The lowest BCUT2D eigenvalue weighted by Gasteiger charge is -2.16. The molecule has 3 aromatic rings. The number of anilines is 1. The summed E-state index contributed by atoms with van der Waals surface area (Å²) in [7, 11) is 0. The van der Waals surface area contributed by atoms with Crippen molar-refractivity contribution >= 4 is 27.2 Å². The highest BCUT2D eigenvalue weighted by atomic mass is 32.1. The van der Waals surface area contributed by atoms with Gasteiger partial charge < -0.3 is 5.32 Å². The molecule has 3 heterocycles. The summed E-state index contributed by atoms with van der Waals surface area (Å²) in [4.78, 5) is 8.77. The van der Waals surface area contributed by atoms with E-state index in [1.165, 1.54) is 10.3 Å². The molecule has 0 saturated heterocycles. The van der Waals surface area contributed by atoms with E-state index < -0.39 is 0 Å². The third-order valence-electron chi connectivity index (χ3n) is 3.20. The maximum atomic E-state index is 4.48. The van der Waals surface area contributed by atoms with Gasteiger partial charge in [-0.3, -0.25) is 9.97 Å². The van der Waals surface area contributed by atoms with Gasteiger partial charge in [-0.05, 0) is 49.1 Å². The Kier molecular flexibility index (Phi) is 3.17. The highest BCUT2D eigenvalue weighted by Crippen LogP contribution is 2.25. The molecular weight excluding hydrogens is 254 g/mol. The summed E-state index contributed by atoms with van der Waals surface area (Å²) in [5.41, 5.74) is 4.34. The van der Waals surface area contributed by atoms with Crippen LogP contribution in [0.4, 0.5) is 5.69 Å². The molecule has 3 nitrogen and oxygen atoms in total. The van der Waals surface area contributed by atoms with E-state index in [9.17, 15) is 0 Å². The van der Waals surface area contributed by atoms with Crippen LogP contribution in [0.1, 0.15) is 24.2 Å². The highest BCUT2D eigenvalue weighted by Gasteiger charge is 2.09. The van der Waals surface area contributed by atoms with Gasteiger partial charge in [0.2, 0.25) is 0 Å². The van der Waals surface area contributed by atoms with Gasteiger partial charge in [-0.25, -0.2) is 0 Å². The molecule has 0 aliphatic carbocycles. The van der Waals surface area contributed by atoms with E-state index in [1.807, 2.05) is 31.5 Å². The van der Waals surface area contributed by atoms with Crippen LogP contribution in [0, 0.1) is 6.92 Å². The molecule has 0 saturated carbocycles. The third-order valence-corrected chi connectivity index (χ3v) is 4.06. The minimum absolute atomic E-state index is 0.210. The molecule has 0 radical (unpaired) electrons. The Hall–Kier alpha value is -1.94. The molecule has 96 valence electrons. The quantitative estimate of drug-likeness (QED) is 0.775. The van der Waals surface area contributed by atoms with E-state index in [1.54, 1.807) is 11.3 Å². The predicted molar refractivity (Wildman–Crippen MR) is 80.6 cm³/mol. The van der Waals surface area contributed by atoms with E-state index in [0.717, 1.165) is 16.9 Å². The van der Waals surface area contributed by atoms with Crippen molar-refractivity contribution in [1.82, 2.24) is 9.97 Å². The summed E-state index contributed by atoms with van der Waals surface area (Å²) in [5.74, 6) is 0. The molecule has 0 bridgehead atoms. The molecule has 0 aliphatic heterocycles. The number of thiophene rings is 1. The van der Waals surface area contributed by atoms with E-state index in [4.69, 9.17) is 0 Å². The van der Waals surface area contributed by atoms with Gasteiger partial charge in [0.25, 0.3) is 0 Å². The van der Waals surface area contributed by atoms with Gasteiger partial charge >= 0.3 is 0 Å². The lowest BCUT2D eigenvalue weighted by atomic mass is 10.1. The Labute approximate surface area is 116 Å². The normalized spacial score (nSPS) is 12.5. The number of fused-ring (bicyclic) bond motifs is 1. The number of rotatable bonds is 3. The Morgan fingerprint density at radius 2 is 2.16 bits per heavy atom. The first kappa shape index (κ1) is 12.1. The lowest BCUT2D eigenvalue weighted by Crippen LogP contribution is -2.08. The number of aromatic nitrogens is 2. The summed E-state index contributed by atoms with van der Waals surface area (Å²) in [6, 6.07) is 8.46. The minimum atomic E-state index is 0.210. The van der Waals surface area contributed by atoms with Gasteiger partial charge in [-0.2, -0.15) is 0 Å². The van der Waals surface area contributed by atoms with Crippen LogP contribution in [0.5, 0.6) is 0 Å². The van der Waals surface area contributed by atoms with Crippen LogP contribution < -0.4 is 5.32 Å². The van der Waals surface area contributed by atoms with Crippen LogP contribution in [-0.2, 0) is 0 Å². The molecule has 3 rings (SSSR count). The monoisotopic (exact) mass is 269 g/mol. The van der Waals surface area contributed by atoms with Crippen LogP contribution in [-0.4, -0.2) is 9.97 Å². The van der Waals surface area contributed by atoms with E-state index in [0.29, 0.717) is 0 Å². The van der Waals surface area contributed by atoms with Gasteiger partial charge in [0, 0.05) is 12.4 Å². The molecule has 0 aromatic carbocycles. The fraction of sp³-hybridized carbons (Fsp3) is 0.200. The fourth-order valence-electron chi connectivity index (χ4n) is 2.05. The maximum Gasteiger partial charge on any atom is 0.0809 e. The van der Waals surface area contributed by atoms with Crippen LogP contribution in [0.15, 0.2) is 42.0 Å². The second-order valence-electron chi connectivity index (χ2n) is 4.58. The molecule has 0 spiro atoms. The molecular formula is C15H15N3S. The molecule has 19 heavy (non-hydrogen) atoms. The van der Waals surface area contributed by atoms with Gasteiger partial charge in [0.1, 0.15) is 0 Å². The van der Waals surface area contributed by atoms with Gasteiger partial charge in [-0.15, -0.1) is 11.3 Å². The van der Waals surface area contributed by atoms with Crippen molar-refractivity contribution in [2.75, 3.05) is 5.32 Å². The van der Waals surface area contributed by atoms with Crippen molar-refractivity contribution in [2.45, 2.75) is 19.9 Å². The second kappa shape index (κ2) is 4.97. The minimum Gasteiger partial charge on any atom is -0.377 e. The summed E-state index contributed by atoms with van der Waals surface area (Å²) >= 11 is 1.73. The van der Waals surface area contributed by atoms with Crippen molar-refractivity contribution in [2.24, 2.45) is 0 Å². The largest absolute Gasteiger partial charge is 0.377 e. The third kappa shape index (κ3) is 2.44. The highest BCUT2D eigenvalue weighted by molar-refractivity contribution is 7.17. The molecule has 0 amide bonds. The average Bonchev–Trinajstić information content (AvgIpc) is 2.88. The molecule has 1 atom stereocenters. The number of pyridine rings is 2. The maximum absolute atomic E-state index is 4.48. The van der Waals surface area contributed by atoms with Crippen molar-refractivity contribution in [1.29, 1.82) is 0 Å². The molecule has 4 heteroatoms. The smallest absolute Gasteiger partial charge is 0.0809 e. The van der Waals surface area contributed by atoms with Crippen LogP contribution in [0.2, 0.25) is 0 Å². The first-order chi connectivity index (χ1) is 9.24. The first-order valence-electron chi connectivity index (χ1n) is 6.25. The summed E-state index contributed by atoms with van der Waals surface area (Å²) in [5, 5.41) is 5.56. The van der Waals surface area contributed by atoms with Crippen molar-refractivity contribution in [3.8, 4) is 0 Å². The summed E-state index contributed by atoms with van der Waals surface area (Å²) in [6.07, 6.45) is 3.75. The molecule has 1 unspecified atom stereocenters. The van der Waals surface area contributed by atoms with Gasteiger partial charge in [0.05, 0.1) is 27.6 Å². The van der Waals surface area contributed by atoms with Gasteiger partial charge in [-0.1, -0.05) is 0 Å². The fourth-order valence-corrected chi connectivity index (χ4v) is 2.84. The van der Waals surface area contributed by atoms with E-state index in [2.05, 4.69) is 39.7 Å².